The molecular weight excluding hydrogens is 233 g/mol. The predicted molar refractivity (Wildman–Crippen MR) is 58.4 cm³/mol. The number of nitrogens with zero attached hydrogens (tertiary/aromatic N) is 2. The van der Waals surface area contributed by atoms with Gasteiger partial charge >= 0.3 is 6.18 Å². The first-order chi connectivity index (χ1) is 7.74. The van der Waals surface area contributed by atoms with E-state index in [2.05, 4.69) is 15.4 Å². The average Bonchev–Trinajstić information content (AvgIpc) is 2.12. The average molecular weight is 248 g/mol. The molecule has 1 rings (SSSR count). The number of rotatable bonds is 3. The van der Waals surface area contributed by atoms with Crippen LogP contribution in [0.2, 0.25) is 0 Å². The number of hydrazine groups is 1. The standard InChI is InChI=1S/C10H15F3N4/c1-5(2)8-6(3)15-7(4-10(11,12)13)16-9(8)17-14/h5H,4,14H2,1-3H3,(H,15,16,17). The van der Waals surface area contributed by atoms with E-state index < -0.39 is 12.6 Å². The summed E-state index contributed by atoms with van der Waals surface area (Å²) in [5.74, 6) is 5.34. The molecule has 0 aliphatic carbocycles. The van der Waals surface area contributed by atoms with Crippen LogP contribution in [0, 0.1) is 6.92 Å². The highest BCUT2D eigenvalue weighted by atomic mass is 19.4. The van der Waals surface area contributed by atoms with E-state index >= 15 is 0 Å². The molecule has 17 heavy (non-hydrogen) atoms. The van der Waals surface area contributed by atoms with Crippen LogP contribution in [0.25, 0.3) is 0 Å². The summed E-state index contributed by atoms with van der Waals surface area (Å²) in [5.41, 5.74) is 3.58. The van der Waals surface area contributed by atoms with E-state index in [0.717, 1.165) is 5.56 Å². The van der Waals surface area contributed by atoms with E-state index in [-0.39, 0.29) is 17.6 Å². The van der Waals surface area contributed by atoms with Crippen molar-refractivity contribution < 1.29 is 13.2 Å². The SMILES string of the molecule is Cc1nc(CC(F)(F)F)nc(NN)c1C(C)C. The molecule has 0 saturated heterocycles. The van der Waals surface area contributed by atoms with Crippen molar-refractivity contribution in [2.24, 2.45) is 5.84 Å². The van der Waals surface area contributed by atoms with E-state index in [1.807, 2.05) is 13.8 Å². The summed E-state index contributed by atoms with van der Waals surface area (Å²) in [6, 6.07) is 0. The lowest BCUT2D eigenvalue weighted by Gasteiger charge is -2.15. The van der Waals surface area contributed by atoms with Gasteiger partial charge in [-0.25, -0.2) is 15.8 Å². The third kappa shape index (κ3) is 3.55. The van der Waals surface area contributed by atoms with Crippen molar-refractivity contribution >= 4 is 5.82 Å². The van der Waals surface area contributed by atoms with E-state index in [0.29, 0.717) is 5.69 Å². The van der Waals surface area contributed by atoms with Gasteiger partial charge in [-0.15, -0.1) is 0 Å². The number of alkyl halides is 3. The third-order valence-corrected chi connectivity index (χ3v) is 2.26. The Labute approximate surface area is 97.4 Å². The van der Waals surface area contributed by atoms with Crippen LogP contribution in [0.1, 0.15) is 36.8 Å². The minimum Gasteiger partial charge on any atom is -0.308 e. The smallest absolute Gasteiger partial charge is 0.308 e. The van der Waals surface area contributed by atoms with E-state index in [4.69, 9.17) is 5.84 Å². The maximum atomic E-state index is 12.2. The normalized spacial score (nSPS) is 12.0. The molecular formula is C10H15F3N4. The van der Waals surface area contributed by atoms with Gasteiger partial charge in [0.05, 0.1) is 0 Å². The summed E-state index contributed by atoms with van der Waals surface area (Å²) < 4.78 is 36.7. The Kier molecular flexibility index (Phi) is 3.92. The number of aryl methyl sites for hydroxylation is 1. The van der Waals surface area contributed by atoms with E-state index in [9.17, 15) is 13.2 Å². The van der Waals surface area contributed by atoms with Gasteiger partial charge in [-0.3, -0.25) is 0 Å². The molecule has 0 spiro atoms. The molecule has 0 unspecified atom stereocenters. The van der Waals surface area contributed by atoms with Crippen molar-refractivity contribution in [1.82, 2.24) is 9.97 Å². The fraction of sp³-hybridized carbons (Fsp3) is 0.600. The van der Waals surface area contributed by atoms with Crippen molar-refractivity contribution in [3.8, 4) is 0 Å². The van der Waals surface area contributed by atoms with Crippen LogP contribution in [0.3, 0.4) is 0 Å². The summed E-state index contributed by atoms with van der Waals surface area (Å²) in [6.45, 7) is 5.45. The number of halogens is 3. The van der Waals surface area contributed by atoms with Crippen LogP contribution in [0.4, 0.5) is 19.0 Å². The lowest BCUT2D eigenvalue weighted by molar-refractivity contribution is -0.128. The molecule has 0 saturated carbocycles. The zero-order valence-corrected chi connectivity index (χ0v) is 9.89. The number of hydrogen-bond acceptors (Lipinski definition) is 4. The van der Waals surface area contributed by atoms with Crippen LogP contribution in [0.15, 0.2) is 0 Å². The quantitative estimate of drug-likeness (QED) is 0.636. The number of nitrogens with one attached hydrogen (secondary N) is 1. The molecule has 0 bridgehead atoms. The van der Waals surface area contributed by atoms with Crippen LogP contribution < -0.4 is 11.3 Å². The first-order valence-electron chi connectivity index (χ1n) is 5.15. The molecule has 7 heteroatoms. The Morgan fingerprint density at radius 3 is 2.29 bits per heavy atom. The minimum absolute atomic E-state index is 0.0842. The largest absolute Gasteiger partial charge is 0.396 e. The Morgan fingerprint density at radius 1 is 1.29 bits per heavy atom. The van der Waals surface area contributed by atoms with Gasteiger partial charge in [0.15, 0.2) is 0 Å². The summed E-state index contributed by atoms with van der Waals surface area (Å²) in [5, 5.41) is 0. The monoisotopic (exact) mass is 248 g/mol. The van der Waals surface area contributed by atoms with Crippen LogP contribution in [-0.4, -0.2) is 16.1 Å². The molecule has 1 aromatic rings. The molecule has 0 aromatic carbocycles. The maximum absolute atomic E-state index is 12.2. The van der Waals surface area contributed by atoms with Gasteiger partial charge in [-0.05, 0) is 12.8 Å². The Bertz CT molecular complexity index is 401. The molecule has 4 nitrogen and oxygen atoms in total. The van der Waals surface area contributed by atoms with Crippen LogP contribution in [0.5, 0.6) is 0 Å². The molecule has 3 N–H and O–H groups in total. The maximum Gasteiger partial charge on any atom is 0.396 e. The molecule has 1 aromatic heterocycles. The highest BCUT2D eigenvalue weighted by Crippen LogP contribution is 2.26. The highest BCUT2D eigenvalue weighted by molar-refractivity contribution is 5.47. The number of aromatic nitrogens is 2. The van der Waals surface area contributed by atoms with E-state index in [1.54, 1.807) is 6.92 Å². The second-order valence-corrected chi connectivity index (χ2v) is 4.08. The van der Waals surface area contributed by atoms with Crippen molar-refractivity contribution in [1.29, 1.82) is 0 Å². The molecule has 0 atom stereocenters. The molecule has 1 heterocycles. The lowest BCUT2D eigenvalue weighted by Crippen LogP contribution is -2.19. The Balaban J connectivity index is 3.18. The number of anilines is 1. The lowest BCUT2D eigenvalue weighted by atomic mass is 10.0. The number of nitrogen functional groups attached to an aromatic ring is 1. The second kappa shape index (κ2) is 4.87. The van der Waals surface area contributed by atoms with Gasteiger partial charge in [-0.2, -0.15) is 13.2 Å². The molecule has 0 aliphatic heterocycles. The van der Waals surface area contributed by atoms with Gasteiger partial charge in [-0.1, -0.05) is 13.8 Å². The second-order valence-electron chi connectivity index (χ2n) is 4.08. The van der Waals surface area contributed by atoms with Crippen molar-refractivity contribution in [3.63, 3.8) is 0 Å². The molecule has 96 valence electrons. The zero-order valence-electron chi connectivity index (χ0n) is 9.89. The van der Waals surface area contributed by atoms with Gasteiger partial charge in [0.1, 0.15) is 18.1 Å². The summed E-state index contributed by atoms with van der Waals surface area (Å²) in [7, 11) is 0. The summed E-state index contributed by atoms with van der Waals surface area (Å²) in [4.78, 5) is 7.65. The third-order valence-electron chi connectivity index (χ3n) is 2.26. The van der Waals surface area contributed by atoms with Crippen LogP contribution >= 0.6 is 0 Å². The fourth-order valence-electron chi connectivity index (χ4n) is 1.70. The Morgan fingerprint density at radius 2 is 1.88 bits per heavy atom. The van der Waals surface area contributed by atoms with Gasteiger partial charge in [0.2, 0.25) is 0 Å². The van der Waals surface area contributed by atoms with Crippen molar-refractivity contribution in [3.05, 3.63) is 17.1 Å². The van der Waals surface area contributed by atoms with Crippen molar-refractivity contribution in [2.45, 2.75) is 39.3 Å². The van der Waals surface area contributed by atoms with Gasteiger partial charge in [0, 0.05) is 11.3 Å². The fourth-order valence-corrected chi connectivity index (χ4v) is 1.70. The minimum atomic E-state index is -4.32. The molecule has 0 fully saturated rings. The summed E-state index contributed by atoms with van der Waals surface area (Å²) >= 11 is 0. The van der Waals surface area contributed by atoms with Crippen LogP contribution in [-0.2, 0) is 6.42 Å². The zero-order chi connectivity index (χ0) is 13.2. The van der Waals surface area contributed by atoms with Gasteiger partial charge < -0.3 is 5.43 Å². The Hall–Kier alpha value is -1.37. The van der Waals surface area contributed by atoms with Gasteiger partial charge in [0.25, 0.3) is 0 Å². The topological polar surface area (TPSA) is 63.8 Å². The number of nitrogens with two attached hydrogens (primary N) is 1. The van der Waals surface area contributed by atoms with Crippen molar-refractivity contribution in [2.75, 3.05) is 5.43 Å². The first kappa shape index (κ1) is 13.7. The molecule has 0 radical (unpaired) electrons. The first-order valence-corrected chi connectivity index (χ1v) is 5.15. The molecule has 0 amide bonds. The predicted octanol–water partition coefficient (Wildman–Crippen LogP) is 2.30. The summed E-state index contributed by atoms with van der Waals surface area (Å²) in [6.07, 6.45) is -5.47. The highest BCUT2D eigenvalue weighted by Gasteiger charge is 2.30. The molecule has 0 aliphatic rings. The number of hydrogen-bond donors (Lipinski definition) is 2. The van der Waals surface area contributed by atoms with E-state index in [1.165, 1.54) is 0 Å².